The first-order valence-corrected chi connectivity index (χ1v) is 11.4. The summed E-state index contributed by atoms with van der Waals surface area (Å²) in [5.41, 5.74) is 2.68. The van der Waals surface area contributed by atoms with Crippen molar-refractivity contribution in [3.8, 4) is 6.07 Å². The van der Waals surface area contributed by atoms with E-state index in [1.165, 1.54) is 19.1 Å². The van der Waals surface area contributed by atoms with Gasteiger partial charge in [-0.3, -0.25) is 0 Å². The fourth-order valence-electron chi connectivity index (χ4n) is 4.25. The van der Waals surface area contributed by atoms with Crippen molar-refractivity contribution in [2.75, 3.05) is 23.3 Å². The van der Waals surface area contributed by atoms with Gasteiger partial charge >= 0.3 is 5.97 Å². The number of alkyl halides is 2. The van der Waals surface area contributed by atoms with Crippen LogP contribution in [0.3, 0.4) is 0 Å². The van der Waals surface area contributed by atoms with E-state index in [4.69, 9.17) is 16.6 Å². The molecule has 182 valence electrons. The van der Waals surface area contributed by atoms with Crippen molar-refractivity contribution in [3.05, 3.63) is 51.9 Å². The predicted molar refractivity (Wildman–Crippen MR) is 128 cm³/mol. The van der Waals surface area contributed by atoms with Gasteiger partial charge in [0.1, 0.15) is 11.2 Å². The van der Waals surface area contributed by atoms with Crippen molar-refractivity contribution < 1.29 is 18.7 Å². The molecule has 2 unspecified atom stereocenters. The number of hydrogen-bond acceptors (Lipinski definition) is 7. The first-order chi connectivity index (χ1) is 16.5. The highest BCUT2D eigenvalue weighted by molar-refractivity contribution is 6.29. The SMILES string of the molecule is Cc1cc(C(C)Nc2ccc(Cl)nc2C(=O)O)c2nc(N3CCC(F)(F)C(C)C3)c(C#N)nc2c1. The van der Waals surface area contributed by atoms with Crippen molar-refractivity contribution >= 4 is 40.1 Å². The van der Waals surface area contributed by atoms with E-state index in [2.05, 4.69) is 15.3 Å². The number of aryl methyl sites for hydroxylation is 1. The van der Waals surface area contributed by atoms with Gasteiger partial charge < -0.3 is 15.3 Å². The molecular weight excluding hydrogens is 478 g/mol. The number of rotatable bonds is 5. The van der Waals surface area contributed by atoms with Gasteiger partial charge in [-0.2, -0.15) is 5.26 Å². The maximum Gasteiger partial charge on any atom is 0.356 e. The van der Waals surface area contributed by atoms with Crippen molar-refractivity contribution in [1.82, 2.24) is 15.0 Å². The molecule has 0 amide bonds. The van der Waals surface area contributed by atoms with Crippen LogP contribution < -0.4 is 10.2 Å². The average Bonchev–Trinajstić information content (AvgIpc) is 2.80. The number of nitrogens with one attached hydrogen (secondary N) is 1. The molecule has 2 N–H and O–H groups in total. The van der Waals surface area contributed by atoms with Crippen LogP contribution in [0.1, 0.15) is 53.6 Å². The second kappa shape index (κ2) is 9.23. The largest absolute Gasteiger partial charge is 0.476 e. The third kappa shape index (κ3) is 4.82. The van der Waals surface area contributed by atoms with E-state index in [0.717, 1.165) is 5.56 Å². The van der Waals surface area contributed by atoms with Crippen LogP contribution in [0, 0.1) is 24.2 Å². The van der Waals surface area contributed by atoms with Gasteiger partial charge in [0.25, 0.3) is 5.92 Å². The number of aromatic nitrogens is 3. The number of hydrogen-bond donors (Lipinski definition) is 2. The minimum Gasteiger partial charge on any atom is -0.476 e. The maximum atomic E-state index is 14.1. The Morgan fingerprint density at radius 3 is 2.74 bits per heavy atom. The molecule has 1 saturated heterocycles. The normalized spacial score (nSPS) is 18.2. The molecular formula is C24H23ClF2N6O2. The minimum atomic E-state index is -2.78. The Bertz CT molecular complexity index is 1360. The van der Waals surface area contributed by atoms with E-state index in [0.29, 0.717) is 16.6 Å². The Balaban J connectivity index is 1.78. The average molecular weight is 501 g/mol. The number of aromatic carboxylic acids is 1. The number of anilines is 2. The fraction of sp³-hybridized carbons (Fsp3) is 0.375. The Hall–Kier alpha value is -3.58. The molecule has 0 radical (unpaired) electrons. The van der Waals surface area contributed by atoms with Crippen LogP contribution in [0.4, 0.5) is 20.3 Å². The summed E-state index contributed by atoms with van der Waals surface area (Å²) in [5, 5.41) is 22.4. The van der Waals surface area contributed by atoms with E-state index in [9.17, 15) is 23.9 Å². The molecule has 3 aromatic rings. The lowest BCUT2D eigenvalue weighted by Gasteiger charge is -2.37. The Kier molecular flexibility index (Phi) is 6.47. The molecule has 0 saturated carbocycles. The zero-order valence-electron chi connectivity index (χ0n) is 19.3. The molecule has 1 fully saturated rings. The van der Waals surface area contributed by atoms with Gasteiger partial charge in [-0.05, 0) is 37.6 Å². The molecule has 2 aromatic heterocycles. The third-order valence-corrected chi connectivity index (χ3v) is 6.37. The first kappa shape index (κ1) is 24.5. The summed E-state index contributed by atoms with van der Waals surface area (Å²) in [6.45, 7) is 5.29. The third-order valence-electron chi connectivity index (χ3n) is 6.16. The lowest BCUT2D eigenvalue weighted by atomic mass is 9.95. The van der Waals surface area contributed by atoms with Crippen molar-refractivity contribution in [2.45, 2.75) is 39.2 Å². The van der Waals surface area contributed by atoms with Crippen molar-refractivity contribution in [2.24, 2.45) is 5.92 Å². The van der Waals surface area contributed by atoms with Gasteiger partial charge in [0, 0.05) is 31.0 Å². The number of nitrogens with zero attached hydrogens (tertiary/aromatic N) is 5. The zero-order chi connectivity index (χ0) is 25.5. The topological polar surface area (TPSA) is 115 Å². The summed E-state index contributed by atoms with van der Waals surface area (Å²) in [5.74, 6) is -4.64. The van der Waals surface area contributed by atoms with E-state index in [1.54, 1.807) is 11.0 Å². The van der Waals surface area contributed by atoms with Crippen molar-refractivity contribution in [1.29, 1.82) is 5.26 Å². The van der Waals surface area contributed by atoms with Gasteiger partial charge in [0.2, 0.25) is 0 Å². The summed E-state index contributed by atoms with van der Waals surface area (Å²) < 4.78 is 28.1. The van der Waals surface area contributed by atoms with Crippen LogP contribution in [0.15, 0.2) is 24.3 Å². The number of benzene rings is 1. The number of halogens is 3. The minimum absolute atomic E-state index is 0.0509. The number of nitriles is 1. The highest BCUT2D eigenvalue weighted by atomic mass is 35.5. The molecule has 0 spiro atoms. The fourth-order valence-corrected chi connectivity index (χ4v) is 4.40. The molecule has 8 nitrogen and oxygen atoms in total. The second-order valence-corrected chi connectivity index (χ2v) is 9.18. The van der Waals surface area contributed by atoms with Crippen LogP contribution >= 0.6 is 11.6 Å². The zero-order valence-corrected chi connectivity index (χ0v) is 20.1. The van der Waals surface area contributed by atoms with Crippen LogP contribution in [0.25, 0.3) is 11.0 Å². The number of fused-ring (bicyclic) bond motifs is 1. The first-order valence-electron chi connectivity index (χ1n) is 11.0. The standard InChI is InChI=1S/C24H23ClF2N6O2/c1-12-8-15(14(3)29-16-4-5-19(25)31-21(16)23(34)35)20-17(9-12)30-18(10-28)22(32-20)33-7-6-24(26,27)13(2)11-33/h4-5,8-9,13-14,29H,6-7,11H2,1-3H3,(H,34,35). The van der Waals surface area contributed by atoms with Gasteiger partial charge in [0.05, 0.1) is 22.8 Å². The quantitative estimate of drug-likeness (QED) is 0.459. The van der Waals surface area contributed by atoms with Crippen LogP contribution in [0.5, 0.6) is 0 Å². The molecule has 35 heavy (non-hydrogen) atoms. The summed E-state index contributed by atoms with van der Waals surface area (Å²) >= 11 is 5.86. The molecule has 0 aliphatic carbocycles. The highest BCUT2D eigenvalue weighted by Crippen LogP contribution is 2.36. The van der Waals surface area contributed by atoms with E-state index in [1.807, 2.05) is 26.0 Å². The van der Waals surface area contributed by atoms with Crippen LogP contribution in [-0.2, 0) is 0 Å². The van der Waals surface area contributed by atoms with E-state index >= 15 is 0 Å². The molecule has 4 rings (SSSR count). The summed E-state index contributed by atoms with van der Waals surface area (Å²) in [6, 6.07) is 8.32. The van der Waals surface area contributed by atoms with Crippen LogP contribution in [-0.4, -0.2) is 45.0 Å². The van der Waals surface area contributed by atoms with Crippen LogP contribution in [0.2, 0.25) is 5.15 Å². The summed E-state index contributed by atoms with van der Waals surface area (Å²) in [7, 11) is 0. The summed E-state index contributed by atoms with van der Waals surface area (Å²) in [4.78, 5) is 26.4. The lowest BCUT2D eigenvalue weighted by molar-refractivity contribution is -0.0652. The Labute approximate surface area is 205 Å². The van der Waals surface area contributed by atoms with Gasteiger partial charge in [-0.25, -0.2) is 28.5 Å². The van der Waals surface area contributed by atoms with E-state index in [-0.39, 0.29) is 47.6 Å². The summed E-state index contributed by atoms with van der Waals surface area (Å²) in [6.07, 6.45) is -0.334. The monoisotopic (exact) mass is 500 g/mol. The van der Waals surface area contributed by atoms with E-state index < -0.39 is 23.9 Å². The molecule has 3 heterocycles. The molecule has 1 aromatic carbocycles. The van der Waals surface area contributed by atoms with Gasteiger partial charge in [-0.1, -0.05) is 24.6 Å². The maximum absolute atomic E-state index is 14.1. The molecule has 0 bridgehead atoms. The number of carboxylic acid groups (broad SMARTS) is 1. The number of carboxylic acids is 1. The Morgan fingerprint density at radius 2 is 2.09 bits per heavy atom. The van der Waals surface area contributed by atoms with Gasteiger partial charge in [-0.15, -0.1) is 0 Å². The number of piperidine rings is 1. The Morgan fingerprint density at radius 1 is 1.34 bits per heavy atom. The molecule has 2 atom stereocenters. The highest BCUT2D eigenvalue weighted by Gasteiger charge is 2.42. The molecule has 1 aliphatic rings. The van der Waals surface area contributed by atoms with Crippen molar-refractivity contribution in [3.63, 3.8) is 0 Å². The lowest BCUT2D eigenvalue weighted by Crippen LogP contribution is -2.46. The predicted octanol–water partition coefficient (Wildman–Crippen LogP) is 5.21. The number of carbonyl (C=O) groups is 1. The molecule has 1 aliphatic heterocycles. The second-order valence-electron chi connectivity index (χ2n) is 8.79. The molecule has 11 heteroatoms. The van der Waals surface area contributed by atoms with Gasteiger partial charge in [0.15, 0.2) is 17.2 Å². The smallest absolute Gasteiger partial charge is 0.356 e. The number of pyridine rings is 1.